The third-order valence-electron chi connectivity index (χ3n) is 5.70. The molecule has 0 radical (unpaired) electrons. The summed E-state index contributed by atoms with van der Waals surface area (Å²) in [5.74, 6) is -0.543. The van der Waals surface area contributed by atoms with Crippen molar-refractivity contribution < 1.29 is 19.1 Å². The molecule has 1 aromatic carbocycles. The maximum Gasteiger partial charge on any atom is 0.249 e. The maximum atomic E-state index is 12.3. The Balaban J connectivity index is 1.86. The molecule has 2 aliphatic rings. The Morgan fingerprint density at radius 1 is 1.14 bits per heavy atom. The van der Waals surface area contributed by atoms with Gasteiger partial charge < -0.3 is 19.4 Å². The van der Waals surface area contributed by atoms with Crippen LogP contribution in [0.3, 0.4) is 0 Å². The fourth-order valence-electron chi connectivity index (χ4n) is 3.92. The number of piperidine rings is 2. The maximum absolute atomic E-state index is 12.3. The number of benzene rings is 1. The van der Waals surface area contributed by atoms with Gasteiger partial charge in [-0.15, -0.1) is 0 Å². The van der Waals surface area contributed by atoms with Gasteiger partial charge in [-0.25, -0.2) is 0 Å². The van der Waals surface area contributed by atoms with Crippen molar-refractivity contribution in [1.29, 1.82) is 0 Å². The normalized spacial score (nSPS) is 20.7. The third kappa shape index (κ3) is 4.11. The highest BCUT2D eigenvalue weighted by atomic mass is 16.5. The van der Waals surface area contributed by atoms with Crippen LogP contribution in [0.5, 0.6) is 0 Å². The third-order valence-corrected chi connectivity index (χ3v) is 5.70. The van der Waals surface area contributed by atoms with Gasteiger partial charge in [-0.1, -0.05) is 0 Å². The lowest BCUT2D eigenvalue weighted by Gasteiger charge is -2.36. The number of ether oxygens (including phenoxy) is 1. The molecule has 3 rings (SSSR count). The van der Waals surface area contributed by atoms with E-state index in [0.29, 0.717) is 18.9 Å². The molecule has 1 aromatic rings. The lowest BCUT2D eigenvalue weighted by Crippen LogP contribution is -2.51. The van der Waals surface area contributed by atoms with Crippen LogP contribution in [0, 0.1) is 0 Å². The van der Waals surface area contributed by atoms with Gasteiger partial charge in [-0.05, 0) is 37.5 Å². The summed E-state index contributed by atoms with van der Waals surface area (Å²) in [5.41, 5.74) is 2.55. The summed E-state index contributed by atoms with van der Waals surface area (Å²) < 4.78 is 5.44. The number of carbonyl (C=O) groups is 3. The first-order valence-corrected chi connectivity index (χ1v) is 9.61. The van der Waals surface area contributed by atoms with Crippen LogP contribution in [-0.4, -0.2) is 64.7 Å². The van der Waals surface area contributed by atoms with E-state index in [9.17, 15) is 14.4 Å². The molecule has 2 fully saturated rings. The number of hydrogen-bond acceptors (Lipinski definition) is 6. The molecule has 1 N–H and O–H groups in total. The molecule has 8 heteroatoms. The number of anilines is 3. The summed E-state index contributed by atoms with van der Waals surface area (Å²) in [6, 6.07) is 5.50. The number of hydrogen-bond donors (Lipinski definition) is 1. The molecule has 2 heterocycles. The van der Waals surface area contributed by atoms with Crippen molar-refractivity contribution in [1.82, 2.24) is 5.32 Å². The van der Waals surface area contributed by atoms with Gasteiger partial charge in [0.1, 0.15) is 6.04 Å². The van der Waals surface area contributed by atoms with Crippen molar-refractivity contribution in [3.63, 3.8) is 0 Å². The molecule has 0 aliphatic carbocycles. The molecule has 2 saturated heterocycles. The fourth-order valence-corrected chi connectivity index (χ4v) is 3.92. The first kappa shape index (κ1) is 20.1. The van der Waals surface area contributed by atoms with Gasteiger partial charge in [0.15, 0.2) is 0 Å². The molecule has 152 valence electrons. The van der Waals surface area contributed by atoms with Crippen LogP contribution >= 0.6 is 0 Å². The van der Waals surface area contributed by atoms with E-state index in [0.717, 1.165) is 49.4 Å². The van der Waals surface area contributed by atoms with Crippen LogP contribution in [0.25, 0.3) is 0 Å². The number of carbonyl (C=O) groups excluding carboxylic acids is 3. The van der Waals surface area contributed by atoms with E-state index in [4.69, 9.17) is 4.74 Å². The first-order chi connectivity index (χ1) is 13.4. The summed E-state index contributed by atoms with van der Waals surface area (Å²) in [6.07, 6.45) is 3.76. The smallest absolute Gasteiger partial charge is 0.249 e. The van der Waals surface area contributed by atoms with Gasteiger partial charge in [-0.2, -0.15) is 0 Å². The zero-order chi connectivity index (χ0) is 20.3. The summed E-state index contributed by atoms with van der Waals surface area (Å²) in [4.78, 5) is 40.8. The summed E-state index contributed by atoms with van der Waals surface area (Å²) in [5, 5.41) is 2.39. The standard InChI is InChI=1S/C20H28N4O4/c1-22(13-25)18-12-14(24-10-8-15(28-3)9-11-24)4-5-16(18)23(2)17-6-7-19(26)21-20(17)27/h4-5,12-13,15,17H,6-11H2,1-3H3,(H,21,26,27). The Labute approximate surface area is 165 Å². The number of nitrogens with one attached hydrogen (secondary N) is 1. The molecular formula is C20H28N4O4. The van der Waals surface area contributed by atoms with E-state index in [1.165, 1.54) is 4.90 Å². The molecule has 1 atom stereocenters. The van der Waals surface area contributed by atoms with Gasteiger partial charge in [0.25, 0.3) is 0 Å². The minimum atomic E-state index is -0.445. The van der Waals surface area contributed by atoms with Crippen molar-refractivity contribution in [2.45, 2.75) is 37.8 Å². The van der Waals surface area contributed by atoms with E-state index in [2.05, 4.69) is 10.2 Å². The second-order valence-corrected chi connectivity index (χ2v) is 7.39. The molecule has 1 unspecified atom stereocenters. The molecule has 8 nitrogen and oxygen atoms in total. The predicted molar refractivity (Wildman–Crippen MR) is 108 cm³/mol. The minimum absolute atomic E-state index is 0.241. The lowest BCUT2D eigenvalue weighted by molar-refractivity contribution is -0.134. The summed E-state index contributed by atoms with van der Waals surface area (Å²) >= 11 is 0. The summed E-state index contributed by atoms with van der Waals surface area (Å²) in [7, 11) is 5.27. The number of rotatable bonds is 6. The molecule has 0 aromatic heterocycles. The van der Waals surface area contributed by atoms with E-state index < -0.39 is 6.04 Å². The van der Waals surface area contributed by atoms with Crippen LogP contribution in [0.4, 0.5) is 17.1 Å². The topological polar surface area (TPSA) is 82.2 Å². The molecule has 2 aliphatic heterocycles. The Morgan fingerprint density at radius 2 is 1.86 bits per heavy atom. The zero-order valence-electron chi connectivity index (χ0n) is 16.7. The predicted octanol–water partition coefficient (Wildman–Crippen LogP) is 1.14. The Bertz CT molecular complexity index is 746. The molecular weight excluding hydrogens is 360 g/mol. The van der Waals surface area contributed by atoms with Crippen molar-refractivity contribution in [2.24, 2.45) is 0 Å². The van der Waals surface area contributed by atoms with E-state index >= 15 is 0 Å². The quantitative estimate of drug-likeness (QED) is 0.581. The molecule has 28 heavy (non-hydrogen) atoms. The average Bonchev–Trinajstić information content (AvgIpc) is 2.72. The number of nitrogens with zero attached hydrogens (tertiary/aromatic N) is 3. The van der Waals surface area contributed by atoms with Crippen LogP contribution in [0.2, 0.25) is 0 Å². The monoisotopic (exact) mass is 388 g/mol. The Morgan fingerprint density at radius 3 is 2.46 bits per heavy atom. The van der Waals surface area contributed by atoms with Crippen LogP contribution in [0.15, 0.2) is 18.2 Å². The number of likely N-dealkylation sites (N-methyl/N-ethyl adjacent to an activating group) is 1. The first-order valence-electron chi connectivity index (χ1n) is 9.61. The molecule has 0 spiro atoms. The highest BCUT2D eigenvalue weighted by Crippen LogP contribution is 2.35. The van der Waals surface area contributed by atoms with Crippen molar-refractivity contribution >= 4 is 35.3 Å². The van der Waals surface area contributed by atoms with Crippen LogP contribution < -0.4 is 20.0 Å². The van der Waals surface area contributed by atoms with Gasteiger partial charge in [0.2, 0.25) is 18.2 Å². The van der Waals surface area contributed by atoms with Gasteiger partial charge >= 0.3 is 0 Å². The number of methoxy groups -OCH3 is 1. The zero-order valence-corrected chi connectivity index (χ0v) is 16.7. The molecule has 0 saturated carbocycles. The average molecular weight is 388 g/mol. The minimum Gasteiger partial charge on any atom is -0.381 e. The largest absolute Gasteiger partial charge is 0.381 e. The number of imide groups is 1. The second-order valence-electron chi connectivity index (χ2n) is 7.39. The fraction of sp³-hybridized carbons (Fsp3) is 0.550. The SMILES string of the molecule is COC1CCN(c2ccc(N(C)C3CCC(=O)NC3=O)c(N(C)C=O)c2)CC1. The van der Waals surface area contributed by atoms with Gasteiger partial charge in [0, 0.05) is 46.4 Å². The lowest BCUT2D eigenvalue weighted by atomic mass is 10.0. The highest BCUT2D eigenvalue weighted by Gasteiger charge is 2.31. The highest BCUT2D eigenvalue weighted by molar-refractivity contribution is 6.02. The Kier molecular flexibility index (Phi) is 6.18. The van der Waals surface area contributed by atoms with Crippen LogP contribution in [0.1, 0.15) is 25.7 Å². The van der Waals surface area contributed by atoms with E-state index in [1.807, 2.05) is 30.1 Å². The van der Waals surface area contributed by atoms with E-state index in [1.54, 1.807) is 14.2 Å². The molecule has 0 bridgehead atoms. The van der Waals surface area contributed by atoms with Crippen molar-refractivity contribution in [3.05, 3.63) is 18.2 Å². The van der Waals surface area contributed by atoms with Gasteiger partial charge in [-0.3, -0.25) is 19.7 Å². The van der Waals surface area contributed by atoms with Crippen molar-refractivity contribution in [2.75, 3.05) is 49.0 Å². The van der Waals surface area contributed by atoms with Crippen molar-refractivity contribution in [3.8, 4) is 0 Å². The summed E-state index contributed by atoms with van der Waals surface area (Å²) in [6.45, 7) is 1.79. The number of amides is 3. The van der Waals surface area contributed by atoms with Gasteiger partial charge in [0.05, 0.1) is 17.5 Å². The van der Waals surface area contributed by atoms with E-state index in [-0.39, 0.29) is 11.8 Å². The van der Waals surface area contributed by atoms with Crippen LogP contribution in [-0.2, 0) is 19.1 Å². The Hall–Kier alpha value is -2.61. The second kappa shape index (κ2) is 8.60. The molecule has 3 amide bonds.